The van der Waals surface area contributed by atoms with Gasteiger partial charge in [0.15, 0.2) is 0 Å². The van der Waals surface area contributed by atoms with Crippen molar-refractivity contribution in [3.05, 3.63) is 0 Å². The number of hydrogen-bond donors (Lipinski definition) is 0. The molecule has 0 radical (unpaired) electrons. The van der Waals surface area contributed by atoms with Crippen LogP contribution in [0.4, 0.5) is 0 Å². The Kier molecular flexibility index (Phi) is 3.39. The maximum atomic E-state index is 2.79. The molecule has 1 heterocycles. The van der Waals surface area contributed by atoms with Crippen molar-refractivity contribution in [3.63, 3.8) is 0 Å². The van der Waals surface area contributed by atoms with E-state index in [-0.39, 0.29) is 0 Å². The Labute approximate surface area is 95.2 Å². The van der Waals surface area contributed by atoms with Gasteiger partial charge in [0.2, 0.25) is 0 Å². The van der Waals surface area contributed by atoms with Crippen LogP contribution < -0.4 is 0 Å². The maximum absolute atomic E-state index is 2.79. The summed E-state index contributed by atoms with van der Waals surface area (Å²) in [6.07, 6.45) is 8.62. The normalized spacial score (nSPS) is 44.2. The van der Waals surface area contributed by atoms with Crippen molar-refractivity contribution in [2.45, 2.75) is 64.8 Å². The molecule has 1 saturated heterocycles. The first-order chi connectivity index (χ1) is 7.10. The number of nitrogens with zero attached hydrogens (tertiary/aromatic N) is 1. The smallest absolute Gasteiger partial charge is 0.0186 e. The van der Waals surface area contributed by atoms with Gasteiger partial charge >= 0.3 is 0 Å². The van der Waals surface area contributed by atoms with Crippen molar-refractivity contribution in [2.75, 3.05) is 13.1 Å². The third-order valence-electron chi connectivity index (χ3n) is 4.50. The number of rotatable bonds is 1. The Morgan fingerprint density at radius 3 is 2.00 bits per heavy atom. The second kappa shape index (κ2) is 4.45. The monoisotopic (exact) mass is 209 g/mol. The van der Waals surface area contributed by atoms with Gasteiger partial charge in [0.05, 0.1) is 0 Å². The van der Waals surface area contributed by atoms with Crippen LogP contribution in [0.2, 0.25) is 0 Å². The molecule has 1 nitrogen and oxygen atoms in total. The first kappa shape index (κ1) is 11.4. The minimum absolute atomic E-state index is 0.525. The number of piperidine rings is 1. The minimum Gasteiger partial charge on any atom is -0.298 e. The lowest BCUT2D eigenvalue weighted by Gasteiger charge is -2.49. The summed E-state index contributed by atoms with van der Waals surface area (Å²) in [7, 11) is 0. The lowest BCUT2D eigenvalue weighted by Crippen LogP contribution is -2.52. The maximum Gasteiger partial charge on any atom is 0.0186 e. The first-order valence-electron chi connectivity index (χ1n) is 6.85. The highest BCUT2D eigenvalue weighted by Crippen LogP contribution is 2.40. The van der Waals surface area contributed by atoms with Crippen LogP contribution in [-0.2, 0) is 0 Å². The molecule has 1 heteroatoms. The van der Waals surface area contributed by atoms with Gasteiger partial charge in [-0.05, 0) is 64.0 Å². The molecular formula is C14H27N. The van der Waals surface area contributed by atoms with Gasteiger partial charge in [-0.1, -0.05) is 20.3 Å². The van der Waals surface area contributed by atoms with Crippen LogP contribution in [0.25, 0.3) is 0 Å². The van der Waals surface area contributed by atoms with E-state index < -0.39 is 0 Å². The molecule has 1 aliphatic heterocycles. The number of hydrogen-bond acceptors (Lipinski definition) is 1. The molecule has 3 atom stereocenters. The summed E-state index contributed by atoms with van der Waals surface area (Å²) in [5.41, 5.74) is 0.525. The summed E-state index contributed by atoms with van der Waals surface area (Å²) in [6, 6.07) is 0. The predicted octanol–water partition coefficient (Wildman–Crippen LogP) is 3.69. The minimum atomic E-state index is 0.525. The molecule has 0 aromatic carbocycles. The summed E-state index contributed by atoms with van der Waals surface area (Å²) in [5.74, 6) is 1.86. The molecule has 1 saturated carbocycles. The molecule has 0 aromatic rings. The fraction of sp³-hybridized carbons (Fsp3) is 1.00. The van der Waals surface area contributed by atoms with Gasteiger partial charge in [-0.2, -0.15) is 0 Å². The second-order valence-electron chi connectivity index (χ2n) is 6.40. The Morgan fingerprint density at radius 1 is 0.933 bits per heavy atom. The molecule has 0 amide bonds. The topological polar surface area (TPSA) is 3.24 Å². The fourth-order valence-corrected chi connectivity index (χ4v) is 4.13. The van der Waals surface area contributed by atoms with Crippen molar-refractivity contribution >= 4 is 0 Å². The lowest BCUT2D eigenvalue weighted by atomic mass is 9.71. The molecule has 0 aromatic heterocycles. The van der Waals surface area contributed by atoms with E-state index in [1.165, 1.54) is 51.6 Å². The van der Waals surface area contributed by atoms with E-state index in [2.05, 4.69) is 25.7 Å². The summed E-state index contributed by atoms with van der Waals surface area (Å²) >= 11 is 0. The van der Waals surface area contributed by atoms with Gasteiger partial charge in [0.25, 0.3) is 0 Å². The van der Waals surface area contributed by atoms with Crippen molar-refractivity contribution < 1.29 is 0 Å². The van der Waals surface area contributed by atoms with E-state index in [9.17, 15) is 0 Å². The van der Waals surface area contributed by atoms with Gasteiger partial charge in [0, 0.05) is 5.54 Å². The quantitative estimate of drug-likeness (QED) is 0.636. The van der Waals surface area contributed by atoms with E-state index in [0.29, 0.717) is 5.54 Å². The molecule has 0 unspecified atom stereocenters. The molecule has 1 aliphatic carbocycles. The average molecular weight is 209 g/mol. The highest BCUT2D eigenvalue weighted by atomic mass is 15.2. The average Bonchev–Trinajstić information content (AvgIpc) is 2.17. The summed E-state index contributed by atoms with van der Waals surface area (Å²) in [5, 5.41) is 0. The van der Waals surface area contributed by atoms with Crippen LogP contribution in [0, 0.1) is 11.8 Å². The van der Waals surface area contributed by atoms with Gasteiger partial charge < -0.3 is 0 Å². The van der Waals surface area contributed by atoms with Crippen LogP contribution in [0.5, 0.6) is 0 Å². The second-order valence-corrected chi connectivity index (χ2v) is 6.40. The van der Waals surface area contributed by atoms with Crippen LogP contribution in [-0.4, -0.2) is 23.5 Å². The third-order valence-corrected chi connectivity index (χ3v) is 4.50. The van der Waals surface area contributed by atoms with Gasteiger partial charge in [-0.25, -0.2) is 0 Å². The van der Waals surface area contributed by atoms with Crippen LogP contribution in [0.15, 0.2) is 0 Å². The van der Waals surface area contributed by atoms with E-state index >= 15 is 0 Å². The zero-order chi connectivity index (χ0) is 10.9. The van der Waals surface area contributed by atoms with E-state index in [0.717, 1.165) is 11.8 Å². The Bertz CT molecular complexity index is 195. The fourth-order valence-electron chi connectivity index (χ4n) is 4.13. The van der Waals surface area contributed by atoms with Gasteiger partial charge in [-0.15, -0.1) is 0 Å². The molecule has 15 heavy (non-hydrogen) atoms. The molecular weight excluding hydrogens is 182 g/mol. The van der Waals surface area contributed by atoms with E-state index in [1.807, 2.05) is 0 Å². The van der Waals surface area contributed by atoms with E-state index in [1.54, 1.807) is 0 Å². The van der Waals surface area contributed by atoms with Crippen molar-refractivity contribution in [1.29, 1.82) is 0 Å². The Morgan fingerprint density at radius 2 is 1.47 bits per heavy atom. The van der Waals surface area contributed by atoms with Crippen molar-refractivity contribution in [3.8, 4) is 0 Å². The summed E-state index contributed by atoms with van der Waals surface area (Å²) in [6.45, 7) is 10.1. The highest BCUT2D eigenvalue weighted by Gasteiger charge is 2.38. The summed E-state index contributed by atoms with van der Waals surface area (Å²) < 4.78 is 0. The Hall–Kier alpha value is -0.0400. The lowest BCUT2D eigenvalue weighted by molar-refractivity contribution is 0.0143. The molecule has 2 fully saturated rings. The van der Waals surface area contributed by atoms with Crippen LogP contribution >= 0.6 is 0 Å². The Balaban J connectivity index is 2.02. The van der Waals surface area contributed by atoms with Crippen molar-refractivity contribution in [1.82, 2.24) is 4.90 Å². The zero-order valence-electron chi connectivity index (χ0n) is 10.8. The zero-order valence-corrected chi connectivity index (χ0v) is 10.8. The molecule has 88 valence electrons. The van der Waals surface area contributed by atoms with Gasteiger partial charge in [-0.3, -0.25) is 4.90 Å². The van der Waals surface area contributed by atoms with Crippen LogP contribution in [0.1, 0.15) is 59.3 Å². The van der Waals surface area contributed by atoms with Crippen LogP contribution in [0.3, 0.4) is 0 Å². The highest BCUT2D eigenvalue weighted by molar-refractivity contribution is 4.94. The SMILES string of the molecule is C[C@@H]1C[C@H](C)C[C@](C)(N2CCCCC2)C1. The molecule has 0 spiro atoms. The standard InChI is InChI=1S/C14H27N/c1-12-9-13(2)11-14(3,10-12)15-7-5-4-6-8-15/h12-13H,4-11H2,1-3H3/t12-,13+,14-. The predicted molar refractivity (Wildman–Crippen MR) is 66.0 cm³/mol. The molecule has 0 bridgehead atoms. The largest absolute Gasteiger partial charge is 0.298 e. The first-order valence-corrected chi connectivity index (χ1v) is 6.85. The van der Waals surface area contributed by atoms with E-state index in [4.69, 9.17) is 0 Å². The molecule has 2 rings (SSSR count). The van der Waals surface area contributed by atoms with Crippen molar-refractivity contribution in [2.24, 2.45) is 11.8 Å². The molecule has 2 aliphatic rings. The third kappa shape index (κ3) is 2.55. The molecule has 0 N–H and O–H groups in total. The van der Waals surface area contributed by atoms with Gasteiger partial charge in [0.1, 0.15) is 0 Å². The summed E-state index contributed by atoms with van der Waals surface area (Å²) in [4.78, 5) is 2.79. The number of likely N-dealkylation sites (tertiary alicyclic amines) is 1.